The zero-order valence-electron chi connectivity index (χ0n) is 14.6. The standard InChI is InChI=1S/C20H17N3O4/c1-13(24)21-15-8-6-14(7-9-15)17-12-16(18-4-2-10-26-18)22-23(17)20(25)19-5-3-11-27-19/h2-11,17H,12H2,1H3,(H,21,24)/t17-/m1/s1. The molecule has 0 aliphatic carbocycles. The minimum Gasteiger partial charge on any atom is -0.463 e. The Hall–Kier alpha value is -3.61. The van der Waals surface area contributed by atoms with Gasteiger partial charge in [0.05, 0.1) is 18.6 Å². The number of nitrogens with zero attached hydrogens (tertiary/aromatic N) is 2. The molecule has 2 amide bonds. The number of rotatable bonds is 4. The summed E-state index contributed by atoms with van der Waals surface area (Å²) in [5.74, 6) is 0.392. The van der Waals surface area contributed by atoms with Crippen LogP contribution in [0.3, 0.4) is 0 Å². The predicted octanol–water partition coefficient (Wildman–Crippen LogP) is 3.82. The number of carbonyl (C=O) groups is 2. The van der Waals surface area contributed by atoms with Gasteiger partial charge in [0.2, 0.25) is 5.91 Å². The summed E-state index contributed by atoms with van der Waals surface area (Å²) in [5, 5.41) is 8.64. The lowest BCUT2D eigenvalue weighted by Crippen LogP contribution is -2.26. The molecule has 0 radical (unpaired) electrons. The number of hydrogen-bond acceptors (Lipinski definition) is 5. The Balaban J connectivity index is 1.65. The number of hydrogen-bond donors (Lipinski definition) is 1. The Morgan fingerprint density at radius 3 is 2.44 bits per heavy atom. The fourth-order valence-electron chi connectivity index (χ4n) is 3.05. The third-order valence-electron chi connectivity index (χ3n) is 4.27. The molecular formula is C20H17N3O4. The van der Waals surface area contributed by atoms with Gasteiger partial charge in [-0.3, -0.25) is 9.59 Å². The Morgan fingerprint density at radius 2 is 1.81 bits per heavy atom. The third-order valence-corrected chi connectivity index (χ3v) is 4.27. The molecule has 1 N–H and O–H groups in total. The lowest BCUT2D eigenvalue weighted by molar-refractivity contribution is -0.114. The molecule has 0 saturated carbocycles. The van der Waals surface area contributed by atoms with Gasteiger partial charge in [0, 0.05) is 19.0 Å². The Bertz CT molecular complexity index is 973. The van der Waals surface area contributed by atoms with Crippen molar-refractivity contribution in [3.8, 4) is 0 Å². The number of hydrazone groups is 1. The zero-order valence-corrected chi connectivity index (χ0v) is 14.6. The molecule has 27 heavy (non-hydrogen) atoms. The minimum atomic E-state index is -0.322. The highest BCUT2D eigenvalue weighted by Crippen LogP contribution is 2.34. The summed E-state index contributed by atoms with van der Waals surface area (Å²) in [6.07, 6.45) is 3.54. The van der Waals surface area contributed by atoms with Crippen LogP contribution >= 0.6 is 0 Å². The van der Waals surface area contributed by atoms with Crippen LogP contribution in [0.15, 0.2) is 75.0 Å². The average molecular weight is 363 g/mol. The van der Waals surface area contributed by atoms with Crippen LogP contribution in [0.2, 0.25) is 0 Å². The van der Waals surface area contributed by atoms with Crippen LogP contribution < -0.4 is 5.32 Å². The van der Waals surface area contributed by atoms with Gasteiger partial charge in [0.1, 0.15) is 11.5 Å². The van der Waals surface area contributed by atoms with E-state index < -0.39 is 0 Å². The summed E-state index contributed by atoms with van der Waals surface area (Å²) in [5.41, 5.74) is 2.28. The third kappa shape index (κ3) is 3.39. The van der Waals surface area contributed by atoms with Gasteiger partial charge in [0.25, 0.3) is 0 Å². The SMILES string of the molecule is CC(=O)Nc1ccc([C@H]2CC(c3ccco3)=NN2C(=O)c2ccco2)cc1. The molecule has 1 aromatic carbocycles. The van der Waals surface area contributed by atoms with Crippen molar-refractivity contribution in [3.05, 3.63) is 78.1 Å². The second kappa shape index (κ2) is 6.95. The van der Waals surface area contributed by atoms with Gasteiger partial charge in [-0.15, -0.1) is 0 Å². The highest BCUT2D eigenvalue weighted by molar-refractivity contribution is 6.02. The number of benzene rings is 1. The summed E-state index contributed by atoms with van der Waals surface area (Å²) in [4.78, 5) is 24.1. The highest BCUT2D eigenvalue weighted by Gasteiger charge is 2.35. The summed E-state index contributed by atoms with van der Waals surface area (Å²) in [6, 6.07) is 13.9. The number of anilines is 1. The normalized spacial score (nSPS) is 16.3. The Kier molecular flexibility index (Phi) is 4.33. The average Bonchev–Trinajstić information content (AvgIpc) is 3.41. The second-order valence-corrected chi connectivity index (χ2v) is 6.17. The van der Waals surface area contributed by atoms with E-state index >= 15 is 0 Å². The first-order chi connectivity index (χ1) is 13.1. The predicted molar refractivity (Wildman–Crippen MR) is 98.2 cm³/mol. The fraction of sp³-hybridized carbons (Fsp3) is 0.150. The molecule has 7 nitrogen and oxygen atoms in total. The lowest BCUT2D eigenvalue weighted by atomic mass is 10.0. The van der Waals surface area contributed by atoms with E-state index in [0.717, 1.165) is 5.56 Å². The molecular weight excluding hydrogens is 346 g/mol. The van der Waals surface area contributed by atoms with Crippen molar-refractivity contribution < 1.29 is 18.4 Å². The van der Waals surface area contributed by atoms with E-state index in [9.17, 15) is 9.59 Å². The highest BCUT2D eigenvalue weighted by atomic mass is 16.3. The van der Waals surface area contributed by atoms with E-state index in [4.69, 9.17) is 8.83 Å². The van der Waals surface area contributed by atoms with Crippen LogP contribution in [0.25, 0.3) is 0 Å². The van der Waals surface area contributed by atoms with Crippen LogP contribution in [0, 0.1) is 0 Å². The van der Waals surface area contributed by atoms with Gasteiger partial charge in [0.15, 0.2) is 5.76 Å². The summed E-state index contributed by atoms with van der Waals surface area (Å²) < 4.78 is 10.7. The molecule has 1 aliphatic rings. The van der Waals surface area contributed by atoms with Crippen molar-refractivity contribution in [2.75, 3.05) is 5.32 Å². The number of carbonyl (C=O) groups excluding carboxylic acids is 2. The first kappa shape index (κ1) is 16.8. The molecule has 0 bridgehead atoms. The number of furan rings is 2. The molecule has 0 unspecified atom stereocenters. The van der Waals surface area contributed by atoms with Gasteiger partial charge >= 0.3 is 5.91 Å². The smallest absolute Gasteiger partial charge is 0.310 e. The summed E-state index contributed by atoms with van der Waals surface area (Å²) >= 11 is 0. The van der Waals surface area contributed by atoms with Crippen molar-refractivity contribution in [2.24, 2.45) is 5.10 Å². The number of amides is 2. The zero-order chi connectivity index (χ0) is 18.8. The Morgan fingerprint density at radius 1 is 1.07 bits per heavy atom. The summed E-state index contributed by atoms with van der Waals surface area (Å²) in [7, 11) is 0. The molecule has 7 heteroatoms. The van der Waals surface area contributed by atoms with E-state index in [1.54, 1.807) is 36.6 Å². The van der Waals surface area contributed by atoms with E-state index in [2.05, 4.69) is 10.4 Å². The fourth-order valence-corrected chi connectivity index (χ4v) is 3.05. The van der Waals surface area contributed by atoms with Crippen molar-refractivity contribution in [3.63, 3.8) is 0 Å². The van der Waals surface area contributed by atoms with E-state index in [1.807, 2.05) is 18.2 Å². The Labute approximate surface area is 155 Å². The molecule has 2 aromatic heterocycles. The van der Waals surface area contributed by atoms with Gasteiger partial charge < -0.3 is 14.2 Å². The van der Waals surface area contributed by atoms with Crippen LogP contribution in [0.1, 0.15) is 41.3 Å². The first-order valence-electron chi connectivity index (χ1n) is 8.48. The quantitative estimate of drug-likeness (QED) is 0.763. The van der Waals surface area contributed by atoms with E-state index in [0.29, 0.717) is 23.6 Å². The van der Waals surface area contributed by atoms with Crippen LogP contribution in [0.5, 0.6) is 0 Å². The number of nitrogens with one attached hydrogen (secondary N) is 1. The van der Waals surface area contributed by atoms with Gasteiger partial charge in [-0.2, -0.15) is 5.10 Å². The maximum atomic E-state index is 12.9. The van der Waals surface area contributed by atoms with Crippen LogP contribution in [-0.2, 0) is 4.79 Å². The maximum absolute atomic E-state index is 12.9. The molecule has 3 aromatic rings. The largest absolute Gasteiger partial charge is 0.463 e. The van der Waals surface area contributed by atoms with Crippen molar-refractivity contribution >= 4 is 23.2 Å². The van der Waals surface area contributed by atoms with Gasteiger partial charge in [-0.1, -0.05) is 12.1 Å². The van der Waals surface area contributed by atoms with Crippen LogP contribution in [-0.4, -0.2) is 22.5 Å². The second-order valence-electron chi connectivity index (χ2n) is 6.17. The molecule has 0 spiro atoms. The molecule has 136 valence electrons. The molecule has 3 heterocycles. The minimum absolute atomic E-state index is 0.137. The lowest BCUT2D eigenvalue weighted by Gasteiger charge is -2.21. The van der Waals surface area contributed by atoms with Crippen molar-refractivity contribution in [2.45, 2.75) is 19.4 Å². The summed E-state index contributed by atoms with van der Waals surface area (Å²) in [6.45, 7) is 1.46. The monoisotopic (exact) mass is 363 g/mol. The van der Waals surface area contributed by atoms with Crippen LogP contribution in [0.4, 0.5) is 5.69 Å². The van der Waals surface area contributed by atoms with E-state index in [-0.39, 0.29) is 23.6 Å². The van der Waals surface area contributed by atoms with Crippen molar-refractivity contribution in [1.82, 2.24) is 5.01 Å². The molecule has 4 rings (SSSR count). The molecule has 0 saturated heterocycles. The molecule has 1 aliphatic heterocycles. The van der Waals surface area contributed by atoms with Crippen molar-refractivity contribution in [1.29, 1.82) is 0 Å². The van der Waals surface area contributed by atoms with E-state index in [1.165, 1.54) is 18.2 Å². The first-order valence-corrected chi connectivity index (χ1v) is 8.48. The topological polar surface area (TPSA) is 88.0 Å². The maximum Gasteiger partial charge on any atom is 0.310 e. The van der Waals surface area contributed by atoms with Gasteiger partial charge in [-0.25, -0.2) is 5.01 Å². The molecule has 0 fully saturated rings. The van der Waals surface area contributed by atoms with Gasteiger partial charge in [-0.05, 0) is 42.0 Å². The molecule has 1 atom stereocenters.